The molecule has 1 fully saturated rings. The summed E-state index contributed by atoms with van der Waals surface area (Å²) in [4.78, 5) is 12.4. The van der Waals surface area contributed by atoms with E-state index in [1.54, 1.807) is 0 Å². The molecule has 0 heterocycles. The second kappa shape index (κ2) is 7.94. The van der Waals surface area contributed by atoms with E-state index in [-0.39, 0.29) is 0 Å². The van der Waals surface area contributed by atoms with E-state index >= 15 is 0 Å². The van der Waals surface area contributed by atoms with Crippen LogP contribution in [0, 0.1) is 11.8 Å². The molecule has 0 aromatic heterocycles. The van der Waals surface area contributed by atoms with Gasteiger partial charge in [0.2, 0.25) is 0 Å². The van der Waals surface area contributed by atoms with Gasteiger partial charge in [0.25, 0.3) is 0 Å². The average Bonchev–Trinajstić information content (AvgIpc) is 3.25. The van der Waals surface area contributed by atoms with Gasteiger partial charge in [-0.1, -0.05) is 0 Å². The number of carbonyl (C=O) groups is 1. The molecule has 0 aliphatic heterocycles. The van der Waals surface area contributed by atoms with Crippen LogP contribution >= 0.6 is 0 Å². The first kappa shape index (κ1) is 18.0. The fraction of sp³-hybridized carbons (Fsp3) is 0.632. The Kier molecular flexibility index (Phi) is 6.49. The first-order chi connectivity index (χ1) is 10.4. The van der Waals surface area contributed by atoms with Crippen molar-refractivity contribution in [3.8, 4) is 0 Å². The Hall–Kier alpha value is -0.374. The van der Waals surface area contributed by atoms with Gasteiger partial charge in [0.05, 0.1) is 0 Å². The Morgan fingerprint density at radius 2 is 1.91 bits per heavy atom. The molecule has 3 atom stereocenters. The monoisotopic (exact) mass is 382 g/mol. The normalized spacial score (nSPS) is 22.4. The topological polar surface area (TPSA) is 17.1 Å². The number of carbonyl (C=O) groups excluding carboxylic acids is 1. The van der Waals surface area contributed by atoms with Gasteiger partial charge in [-0.3, -0.25) is 0 Å². The van der Waals surface area contributed by atoms with Crippen LogP contribution in [-0.2, 0) is 4.79 Å². The average molecular weight is 381 g/mol. The third-order valence-electron chi connectivity index (χ3n) is 4.53. The van der Waals surface area contributed by atoms with Crippen molar-refractivity contribution in [3.05, 3.63) is 30.3 Å². The number of hydrogen-bond donors (Lipinski definition) is 0. The van der Waals surface area contributed by atoms with E-state index in [0.29, 0.717) is 32.6 Å². The van der Waals surface area contributed by atoms with Crippen molar-refractivity contribution in [1.29, 1.82) is 0 Å². The summed E-state index contributed by atoms with van der Waals surface area (Å²) >= 11 is 0.523. The molecule has 1 unspecified atom stereocenters. The third-order valence-corrected chi connectivity index (χ3v) is 14.1. The van der Waals surface area contributed by atoms with Crippen molar-refractivity contribution in [2.75, 3.05) is 0 Å². The first-order valence-electron chi connectivity index (χ1n) is 8.68. The summed E-state index contributed by atoms with van der Waals surface area (Å²) in [5, 5.41) is 0. The maximum absolute atomic E-state index is 12.4. The summed E-state index contributed by atoms with van der Waals surface area (Å²) in [6.45, 7) is 9.66. The Bertz CT molecular complexity index is 480. The van der Waals surface area contributed by atoms with E-state index in [4.69, 9.17) is 0 Å². The van der Waals surface area contributed by atoms with Crippen LogP contribution in [0.5, 0.6) is 0 Å². The van der Waals surface area contributed by atoms with Crippen LogP contribution in [0.4, 0.5) is 0 Å². The quantitative estimate of drug-likeness (QED) is 0.456. The van der Waals surface area contributed by atoms with Crippen molar-refractivity contribution in [1.82, 2.24) is 0 Å². The molecule has 0 bridgehead atoms. The number of hydrogen-bond acceptors (Lipinski definition) is 1. The Labute approximate surface area is 143 Å². The van der Waals surface area contributed by atoms with Gasteiger partial charge in [0.15, 0.2) is 0 Å². The molecule has 0 amide bonds. The number of unbranched alkanes of at least 4 members (excludes halogenated alkanes) is 2. The van der Waals surface area contributed by atoms with Gasteiger partial charge in [0.1, 0.15) is 0 Å². The molecule has 1 nitrogen and oxygen atoms in total. The van der Waals surface area contributed by atoms with Gasteiger partial charge in [-0.2, -0.15) is 0 Å². The minimum absolute atomic E-state index is 0.402. The van der Waals surface area contributed by atoms with Crippen LogP contribution in [0.15, 0.2) is 30.3 Å². The van der Waals surface area contributed by atoms with Crippen LogP contribution in [0.25, 0.3) is 0 Å². The molecule has 1 aromatic carbocycles. The number of ketones is 1. The molecular weight excluding hydrogens is 351 g/mol. The zero-order chi connectivity index (χ0) is 16.2. The molecule has 0 N–H and O–H groups in total. The molecule has 1 aliphatic rings. The van der Waals surface area contributed by atoms with Gasteiger partial charge >= 0.3 is 143 Å². The molecule has 3 heteroatoms. The summed E-state index contributed by atoms with van der Waals surface area (Å²) in [7, 11) is -1.22. The molecular formula is C19H30OSeSi. The van der Waals surface area contributed by atoms with Crippen molar-refractivity contribution >= 4 is 33.3 Å². The second-order valence-electron chi connectivity index (χ2n) is 7.65. The summed E-state index contributed by atoms with van der Waals surface area (Å²) in [5.74, 6) is 1.66. The zero-order valence-electron chi connectivity index (χ0n) is 14.5. The van der Waals surface area contributed by atoms with E-state index in [2.05, 4.69) is 56.9 Å². The summed E-state index contributed by atoms with van der Waals surface area (Å²) in [6, 6.07) is 10.9. The van der Waals surface area contributed by atoms with E-state index in [0.717, 1.165) is 17.3 Å². The van der Waals surface area contributed by atoms with Crippen molar-refractivity contribution in [3.63, 3.8) is 0 Å². The fourth-order valence-electron chi connectivity index (χ4n) is 3.21. The van der Waals surface area contributed by atoms with E-state index in [9.17, 15) is 4.79 Å². The van der Waals surface area contributed by atoms with Crippen LogP contribution in [0.1, 0.15) is 39.0 Å². The fourth-order valence-corrected chi connectivity index (χ4v) is 10.4. The SMILES string of the molecule is CCCCCC(=O)[C@H]1C[C@H]1C([Se]c1ccccc1)[Si](C)(C)C. The predicted molar refractivity (Wildman–Crippen MR) is 99.7 cm³/mol. The van der Waals surface area contributed by atoms with Crippen LogP contribution < -0.4 is 4.46 Å². The molecule has 1 saturated carbocycles. The zero-order valence-corrected chi connectivity index (χ0v) is 17.2. The van der Waals surface area contributed by atoms with Gasteiger partial charge in [-0.25, -0.2) is 0 Å². The van der Waals surface area contributed by atoms with Crippen LogP contribution in [0.2, 0.25) is 24.1 Å². The standard InChI is InChI=1S/C19H30OSeSi/c1-5-6-8-13-18(20)16-14-17(16)19(22(2,3)4)21-15-11-9-7-10-12-15/h7,9-12,16-17,19H,5-6,8,13-14H2,1-4H3/t16-,17+,19?/m0/s1. The number of Topliss-reactive ketones (excluding diaryl/α,β-unsaturated/α-hetero) is 1. The minimum atomic E-state index is -1.22. The van der Waals surface area contributed by atoms with Gasteiger partial charge in [0, 0.05) is 0 Å². The molecule has 0 spiro atoms. The molecule has 0 saturated heterocycles. The van der Waals surface area contributed by atoms with E-state index in [1.165, 1.54) is 23.7 Å². The molecule has 122 valence electrons. The molecule has 22 heavy (non-hydrogen) atoms. The number of benzene rings is 1. The van der Waals surface area contributed by atoms with Crippen LogP contribution in [0.3, 0.4) is 0 Å². The predicted octanol–water partition coefficient (Wildman–Crippen LogP) is 4.47. The molecule has 2 rings (SSSR count). The van der Waals surface area contributed by atoms with E-state index < -0.39 is 8.07 Å². The molecule has 0 radical (unpaired) electrons. The summed E-state index contributed by atoms with van der Waals surface area (Å²) in [6.07, 6.45) is 5.50. The van der Waals surface area contributed by atoms with Crippen LogP contribution in [-0.4, -0.2) is 28.8 Å². The Morgan fingerprint density at radius 3 is 2.50 bits per heavy atom. The first-order valence-corrected chi connectivity index (χ1v) is 14.1. The summed E-state index contributed by atoms with van der Waals surface area (Å²) in [5.41, 5.74) is 0. The van der Waals surface area contributed by atoms with Gasteiger partial charge < -0.3 is 0 Å². The third kappa shape index (κ3) is 5.08. The van der Waals surface area contributed by atoms with E-state index in [1.807, 2.05) is 0 Å². The summed E-state index contributed by atoms with van der Waals surface area (Å²) < 4.78 is 2.31. The number of rotatable bonds is 9. The van der Waals surface area contributed by atoms with Crippen molar-refractivity contribution in [2.45, 2.75) is 63.1 Å². The maximum atomic E-state index is 12.4. The Balaban J connectivity index is 1.96. The van der Waals surface area contributed by atoms with Crippen molar-refractivity contribution in [2.24, 2.45) is 11.8 Å². The van der Waals surface area contributed by atoms with Crippen molar-refractivity contribution < 1.29 is 4.79 Å². The molecule has 1 aromatic rings. The Morgan fingerprint density at radius 1 is 1.23 bits per heavy atom. The van der Waals surface area contributed by atoms with Gasteiger partial charge in [-0.15, -0.1) is 0 Å². The van der Waals surface area contributed by atoms with Gasteiger partial charge in [-0.05, 0) is 0 Å². The molecule has 1 aliphatic carbocycles. The second-order valence-corrected chi connectivity index (χ2v) is 16.5.